The van der Waals surface area contributed by atoms with Gasteiger partial charge in [-0.1, -0.05) is 19.0 Å². The van der Waals surface area contributed by atoms with Crippen LogP contribution in [0.2, 0.25) is 0 Å². The van der Waals surface area contributed by atoms with E-state index in [1.54, 1.807) is 6.92 Å². The number of carboxylic acid groups (broad SMARTS) is 1. The zero-order valence-corrected chi connectivity index (χ0v) is 12.8. The van der Waals surface area contributed by atoms with E-state index >= 15 is 0 Å². The van der Waals surface area contributed by atoms with Crippen LogP contribution in [0.1, 0.15) is 65.7 Å². The van der Waals surface area contributed by atoms with Crippen LogP contribution in [0.25, 0.3) is 0 Å². The summed E-state index contributed by atoms with van der Waals surface area (Å²) >= 11 is 0. The third-order valence-electron chi connectivity index (χ3n) is 3.26. The number of esters is 1. The fourth-order valence-electron chi connectivity index (χ4n) is 1.96. The van der Waals surface area contributed by atoms with Crippen LogP contribution in [0.5, 0.6) is 0 Å². The molecule has 2 atom stereocenters. The number of hydrogen-bond donors (Lipinski definition) is 2. The third kappa shape index (κ3) is 6.26. The number of aliphatic hydroxyl groups is 1. The molecule has 0 heterocycles. The van der Waals surface area contributed by atoms with E-state index < -0.39 is 47.2 Å². The van der Waals surface area contributed by atoms with E-state index in [4.69, 9.17) is 10.2 Å². The molecule has 0 saturated heterocycles. The predicted molar refractivity (Wildman–Crippen MR) is 83.0 cm³/mol. The summed E-state index contributed by atoms with van der Waals surface area (Å²) in [4.78, 5) is 23.5. The lowest BCUT2D eigenvalue weighted by molar-refractivity contribution is 0.0483. The fraction of sp³-hybridized carbons (Fsp3) is 0.529. The summed E-state index contributed by atoms with van der Waals surface area (Å²) in [6, 6.07) is -2.90. The standard InChI is InChI=1S/C17H24O5/c1-12(9-10-13(2)18)6-5-11-22-17(21)15-8-4-3-7-14(15)16(19)20/h3-4,7-8,12-13,18H,5-6,9-11H2,1-2H3,(H,19,20)/i3D,4D,7D,8D. The molecule has 5 nitrogen and oxygen atoms in total. The highest BCUT2D eigenvalue weighted by Gasteiger charge is 2.16. The molecular formula is C17H24O5. The fourth-order valence-corrected chi connectivity index (χ4v) is 1.96. The molecule has 1 aromatic carbocycles. The van der Waals surface area contributed by atoms with Crippen molar-refractivity contribution in [2.75, 3.05) is 6.61 Å². The third-order valence-corrected chi connectivity index (χ3v) is 3.26. The monoisotopic (exact) mass is 312 g/mol. The van der Waals surface area contributed by atoms with Gasteiger partial charge in [0.15, 0.2) is 0 Å². The Morgan fingerprint density at radius 3 is 2.41 bits per heavy atom. The lowest BCUT2D eigenvalue weighted by Crippen LogP contribution is -2.12. The first kappa shape index (κ1) is 12.6. The molecule has 0 aliphatic carbocycles. The maximum atomic E-state index is 12.2. The topological polar surface area (TPSA) is 83.8 Å². The van der Waals surface area contributed by atoms with Crippen molar-refractivity contribution in [3.05, 3.63) is 35.3 Å². The minimum Gasteiger partial charge on any atom is -0.478 e. The molecular weight excluding hydrogens is 284 g/mol. The van der Waals surface area contributed by atoms with Crippen molar-refractivity contribution in [2.24, 2.45) is 5.92 Å². The zero-order chi connectivity index (χ0) is 20.0. The van der Waals surface area contributed by atoms with Crippen LogP contribution < -0.4 is 0 Å². The van der Waals surface area contributed by atoms with Crippen molar-refractivity contribution < 1.29 is 30.0 Å². The Balaban J connectivity index is 2.78. The Hall–Kier alpha value is -1.88. The molecule has 0 amide bonds. The van der Waals surface area contributed by atoms with E-state index in [0.29, 0.717) is 18.8 Å². The van der Waals surface area contributed by atoms with Gasteiger partial charge in [0.25, 0.3) is 0 Å². The van der Waals surface area contributed by atoms with Gasteiger partial charge in [0.2, 0.25) is 0 Å². The summed E-state index contributed by atoms with van der Waals surface area (Å²) in [5, 5.41) is 18.5. The second kappa shape index (κ2) is 9.20. The van der Waals surface area contributed by atoms with E-state index in [0.717, 1.165) is 12.8 Å². The van der Waals surface area contributed by atoms with Crippen LogP contribution in [-0.2, 0) is 4.74 Å². The Kier molecular flexibility index (Phi) is 5.29. The number of ether oxygens (including phenoxy) is 1. The van der Waals surface area contributed by atoms with E-state index in [1.807, 2.05) is 6.92 Å². The lowest BCUT2D eigenvalue weighted by Gasteiger charge is -2.12. The van der Waals surface area contributed by atoms with Crippen molar-refractivity contribution in [3.8, 4) is 0 Å². The molecule has 5 heteroatoms. The van der Waals surface area contributed by atoms with Gasteiger partial charge >= 0.3 is 11.9 Å². The van der Waals surface area contributed by atoms with Gasteiger partial charge in [-0.05, 0) is 50.6 Å². The zero-order valence-electron chi connectivity index (χ0n) is 16.8. The SMILES string of the molecule is [2H]c1c([2H])c([2H])c(C(=O)OCCCC(C)CCC(C)O)c(C(=O)O)c1[2H]. The molecule has 0 radical (unpaired) electrons. The van der Waals surface area contributed by atoms with Gasteiger partial charge in [0, 0.05) is 0 Å². The number of carboxylic acids is 1. The number of carbonyl (C=O) groups is 2. The second-order valence-corrected chi connectivity index (χ2v) is 5.36. The van der Waals surface area contributed by atoms with Gasteiger partial charge in [0.1, 0.15) is 0 Å². The Morgan fingerprint density at radius 1 is 1.18 bits per heavy atom. The normalized spacial score (nSPS) is 16.0. The van der Waals surface area contributed by atoms with Crippen LogP contribution in [0.4, 0.5) is 0 Å². The van der Waals surface area contributed by atoms with Gasteiger partial charge in [0.05, 0.1) is 29.3 Å². The molecule has 122 valence electrons. The van der Waals surface area contributed by atoms with Gasteiger partial charge in [-0.25, -0.2) is 9.59 Å². The van der Waals surface area contributed by atoms with Gasteiger partial charge in [-0.3, -0.25) is 0 Å². The van der Waals surface area contributed by atoms with Crippen molar-refractivity contribution in [1.29, 1.82) is 0 Å². The molecule has 0 spiro atoms. The molecule has 2 unspecified atom stereocenters. The molecule has 22 heavy (non-hydrogen) atoms. The van der Waals surface area contributed by atoms with Crippen LogP contribution in [0.15, 0.2) is 24.2 Å². The maximum absolute atomic E-state index is 12.2. The van der Waals surface area contributed by atoms with E-state index in [1.165, 1.54) is 0 Å². The highest BCUT2D eigenvalue weighted by Crippen LogP contribution is 2.15. The Bertz CT molecular complexity index is 676. The van der Waals surface area contributed by atoms with Crippen molar-refractivity contribution in [1.82, 2.24) is 0 Å². The minimum absolute atomic E-state index is 0.0135. The van der Waals surface area contributed by atoms with Gasteiger partial charge < -0.3 is 14.9 Å². The first-order chi connectivity index (χ1) is 12.1. The second-order valence-electron chi connectivity index (χ2n) is 5.36. The Labute approximate surface area is 136 Å². The summed E-state index contributed by atoms with van der Waals surface area (Å²) in [5.74, 6) is -2.37. The molecule has 0 saturated carbocycles. The highest BCUT2D eigenvalue weighted by atomic mass is 16.5. The molecule has 0 aromatic heterocycles. The number of benzene rings is 1. The van der Waals surface area contributed by atoms with E-state index in [9.17, 15) is 19.8 Å². The number of aliphatic hydroxyl groups excluding tert-OH is 1. The largest absolute Gasteiger partial charge is 0.478 e. The summed E-state index contributed by atoms with van der Waals surface area (Å²) in [7, 11) is 0. The smallest absolute Gasteiger partial charge is 0.339 e. The van der Waals surface area contributed by atoms with Crippen LogP contribution in [0.3, 0.4) is 0 Å². The van der Waals surface area contributed by atoms with Gasteiger partial charge in [-0.2, -0.15) is 0 Å². The molecule has 0 aliphatic heterocycles. The number of carbonyl (C=O) groups excluding carboxylic acids is 1. The average Bonchev–Trinajstić information content (AvgIpc) is 2.57. The predicted octanol–water partition coefficient (Wildman–Crippen LogP) is 3.12. The number of hydrogen-bond acceptors (Lipinski definition) is 4. The highest BCUT2D eigenvalue weighted by molar-refractivity contribution is 6.02. The Morgan fingerprint density at radius 2 is 1.82 bits per heavy atom. The average molecular weight is 312 g/mol. The van der Waals surface area contributed by atoms with E-state index in [2.05, 4.69) is 0 Å². The first-order valence-electron chi connectivity index (χ1n) is 9.26. The molecule has 0 bridgehead atoms. The van der Waals surface area contributed by atoms with Crippen LogP contribution >= 0.6 is 0 Å². The first-order valence-corrected chi connectivity index (χ1v) is 7.26. The van der Waals surface area contributed by atoms with Gasteiger partial charge in [-0.15, -0.1) is 0 Å². The molecule has 1 rings (SSSR count). The van der Waals surface area contributed by atoms with Crippen molar-refractivity contribution in [3.63, 3.8) is 0 Å². The summed E-state index contributed by atoms with van der Waals surface area (Å²) in [6.45, 7) is 3.75. The molecule has 0 fully saturated rings. The number of aromatic carboxylic acids is 1. The minimum atomic E-state index is -1.62. The lowest BCUT2D eigenvalue weighted by atomic mass is 9.98. The van der Waals surface area contributed by atoms with Crippen LogP contribution in [-0.4, -0.2) is 34.9 Å². The molecule has 1 aromatic rings. The number of rotatable bonds is 9. The summed E-state index contributed by atoms with van der Waals surface area (Å²) in [6.07, 6.45) is 2.43. The van der Waals surface area contributed by atoms with Crippen molar-refractivity contribution in [2.45, 2.75) is 45.6 Å². The molecule has 0 aliphatic rings. The summed E-state index contributed by atoms with van der Waals surface area (Å²) < 4.78 is 35.5. The maximum Gasteiger partial charge on any atom is 0.339 e. The van der Waals surface area contributed by atoms with E-state index in [-0.39, 0.29) is 12.7 Å². The van der Waals surface area contributed by atoms with Crippen molar-refractivity contribution >= 4 is 11.9 Å². The summed E-state index contributed by atoms with van der Waals surface area (Å²) in [5.41, 5.74) is -1.45. The van der Waals surface area contributed by atoms with Crippen LogP contribution in [0, 0.1) is 5.92 Å². The molecule has 2 N–H and O–H groups in total. The quantitative estimate of drug-likeness (QED) is 0.540.